The van der Waals surface area contributed by atoms with Crippen molar-refractivity contribution >= 4 is 0 Å². The van der Waals surface area contributed by atoms with Crippen molar-refractivity contribution in [2.75, 3.05) is 7.11 Å². The summed E-state index contributed by atoms with van der Waals surface area (Å²) in [5.41, 5.74) is 5.04. The van der Waals surface area contributed by atoms with Crippen molar-refractivity contribution in [1.29, 1.82) is 0 Å². The number of imidazole rings is 1. The number of methoxy groups -OCH3 is 1. The highest BCUT2D eigenvalue weighted by atomic mass is 16.5. The summed E-state index contributed by atoms with van der Waals surface area (Å²) >= 11 is 0. The van der Waals surface area contributed by atoms with Crippen molar-refractivity contribution in [3.05, 3.63) is 65.3 Å². The van der Waals surface area contributed by atoms with E-state index < -0.39 is 0 Å². The molecule has 0 aliphatic carbocycles. The molecule has 0 bridgehead atoms. The van der Waals surface area contributed by atoms with Crippen LogP contribution in [0.3, 0.4) is 0 Å². The zero-order chi connectivity index (χ0) is 16.4. The van der Waals surface area contributed by atoms with Crippen LogP contribution in [0.5, 0.6) is 5.75 Å². The summed E-state index contributed by atoms with van der Waals surface area (Å²) in [7, 11) is 1.68. The number of rotatable bonds is 4. The molecule has 1 aromatic carbocycles. The van der Waals surface area contributed by atoms with Crippen molar-refractivity contribution in [3.63, 3.8) is 0 Å². The predicted molar refractivity (Wildman–Crippen MR) is 89.2 cm³/mol. The molecule has 118 valence electrons. The van der Waals surface area contributed by atoms with E-state index in [1.165, 1.54) is 0 Å². The molecule has 0 fully saturated rings. The number of hydrogen-bond donors (Lipinski definition) is 0. The maximum Gasteiger partial charge on any atom is 0.143 e. The fraction of sp³-hybridized carbons (Fsp3) is 0.278. The Morgan fingerprint density at radius 3 is 2.35 bits per heavy atom. The van der Waals surface area contributed by atoms with Crippen LogP contribution in [-0.2, 0) is 6.42 Å². The van der Waals surface area contributed by atoms with E-state index in [1.807, 2.05) is 49.7 Å². The molecule has 0 aliphatic rings. The minimum atomic E-state index is 0.683. The third-order valence-electron chi connectivity index (χ3n) is 3.62. The number of nitrogens with zero attached hydrogens (tertiary/aromatic N) is 4. The second-order valence-electron chi connectivity index (χ2n) is 5.67. The molecule has 0 spiro atoms. The van der Waals surface area contributed by atoms with Crippen LogP contribution in [0.4, 0.5) is 0 Å². The Hall–Kier alpha value is -2.69. The van der Waals surface area contributed by atoms with Gasteiger partial charge in [0.2, 0.25) is 0 Å². The Bertz CT molecular complexity index is 819. The van der Waals surface area contributed by atoms with Gasteiger partial charge in [0.15, 0.2) is 0 Å². The molecule has 0 radical (unpaired) electrons. The van der Waals surface area contributed by atoms with Gasteiger partial charge in [-0.25, -0.2) is 15.0 Å². The van der Waals surface area contributed by atoms with E-state index in [0.717, 1.165) is 39.9 Å². The van der Waals surface area contributed by atoms with Crippen LogP contribution in [0.25, 0.3) is 5.69 Å². The van der Waals surface area contributed by atoms with E-state index in [1.54, 1.807) is 13.4 Å². The minimum absolute atomic E-state index is 0.683. The van der Waals surface area contributed by atoms with E-state index in [-0.39, 0.29) is 0 Å². The fourth-order valence-corrected chi connectivity index (χ4v) is 2.66. The highest BCUT2D eigenvalue weighted by Crippen LogP contribution is 2.25. The lowest BCUT2D eigenvalue weighted by atomic mass is 10.1. The number of aromatic nitrogens is 4. The van der Waals surface area contributed by atoms with Crippen LogP contribution in [0.15, 0.2) is 36.8 Å². The summed E-state index contributed by atoms with van der Waals surface area (Å²) in [5, 5.41) is 0. The summed E-state index contributed by atoms with van der Waals surface area (Å²) < 4.78 is 7.51. The summed E-state index contributed by atoms with van der Waals surface area (Å²) in [6.07, 6.45) is 4.45. The maximum atomic E-state index is 5.55. The van der Waals surface area contributed by atoms with Gasteiger partial charge in [-0.1, -0.05) is 6.07 Å². The van der Waals surface area contributed by atoms with Gasteiger partial charge in [-0.3, -0.25) is 0 Å². The average Bonchev–Trinajstić information content (AvgIpc) is 2.92. The van der Waals surface area contributed by atoms with E-state index >= 15 is 0 Å². The van der Waals surface area contributed by atoms with Crippen molar-refractivity contribution in [3.8, 4) is 11.4 Å². The zero-order valence-corrected chi connectivity index (χ0v) is 13.9. The summed E-state index contributed by atoms with van der Waals surface area (Å²) in [6.45, 7) is 5.95. The van der Waals surface area contributed by atoms with E-state index in [4.69, 9.17) is 4.74 Å². The average molecular weight is 308 g/mol. The second-order valence-corrected chi connectivity index (χ2v) is 5.67. The van der Waals surface area contributed by atoms with Gasteiger partial charge in [0.1, 0.15) is 11.6 Å². The molecule has 3 aromatic rings. The second kappa shape index (κ2) is 6.20. The van der Waals surface area contributed by atoms with Crippen molar-refractivity contribution in [2.24, 2.45) is 0 Å². The smallest absolute Gasteiger partial charge is 0.143 e. The van der Waals surface area contributed by atoms with Gasteiger partial charge in [-0.15, -0.1) is 0 Å². The van der Waals surface area contributed by atoms with E-state index in [9.17, 15) is 0 Å². The first kappa shape index (κ1) is 15.2. The Kier molecular flexibility index (Phi) is 4.10. The molecule has 5 heteroatoms. The lowest BCUT2D eigenvalue weighted by Gasteiger charge is -2.11. The van der Waals surface area contributed by atoms with Gasteiger partial charge in [-0.05, 0) is 44.5 Å². The molecule has 0 unspecified atom stereocenters. The van der Waals surface area contributed by atoms with Crippen LogP contribution < -0.4 is 4.74 Å². The van der Waals surface area contributed by atoms with Gasteiger partial charge >= 0.3 is 0 Å². The highest BCUT2D eigenvalue weighted by molar-refractivity contribution is 5.49. The van der Waals surface area contributed by atoms with Crippen LogP contribution in [0.2, 0.25) is 0 Å². The largest absolute Gasteiger partial charge is 0.495 e. The Morgan fingerprint density at radius 2 is 1.74 bits per heavy atom. The van der Waals surface area contributed by atoms with Gasteiger partial charge in [0, 0.05) is 24.0 Å². The van der Waals surface area contributed by atoms with Crippen molar-refractivity contribution < 1.29 is 4.74 Å². The normalized spacial score (nSPS) is 10.8. The molecule has 0 saturated heterocycles. The molecule has 0 saturated carbocycles. The molecule has 0 amide bonds. The molecule has 0 aliphatic heterocycles. The van der Waals surface area contributed by atoms with Crippen molar-refractivity contribution in [1.82, 2.24) is 19.5 Å². The molecule has 3 rings (SSSR count). The highest BCUT2D eigenvalue weighted by Gasteiger charge is 2.09. The number of hydrogen-bond acceptors (Lipinski definition) is 4. The number of ether oxygens (including phenoxy) is 1. The Labute approximate surface area is 136 Å². The molecule has 5 nitrogen and oxygen atoms in total. The van der Waals surface area contributed by atoms with E-state index in [0.29, 0.717) is 6.42 Å². The lowest BCUT2D eigenvalue weighted by molar-refractivity contribution is 0.412. The van der Waals surface area contributed by atoms with Crippen LogP contribution in [0.1, 0.15) is 28.5 Å². The van der Waals surface area contributed by atoms with Gasteiger partial charge in [0.05, 0.1) is 24.8 Å². The zero-order valence-electron chi connectivity index (χ0n) is 13.9. The SMILES string of the molecule is COc1cc(Cc2nc(C)cc(C)n2)ccc1-n1cnc(C)c1. The minimum Gasteiger partial charge on any atom is -0.495 e. The lowest BCUT2D eigenvalue weighted by Crippen LogP contribution is -2.02. The monoisotopic (exact) mass is 308 g/mol. The first-order valence-corrected chi connectivity index (χ1v) is 7.54. The topological polar surface area (TPSA) is 52.8 Å². The van der Waals surface area contributed by atoms with Crippen LogP contribution >= 0.6 is 0 Å². The number of aryl methyl sites for hydroxylation is 3. The molecule has 0 atom stereocenters. The first-order chi connectivity index (χ1) is 11.0. The van der Waals surface area contributed by atoms with Crippen LogP contribution in [-0.4, -0.2) is 26.6 Å². The molecular weight excluding hydrogens is 288 g/mol. The quantitative estimate of drug-likeness (QED) is 0.743. The van der Waals surface area contributed by atoms with Crippen molar-refractivity contribution in [2.45, 2.75) is 27.2 Å². The Balaban J connectivity index is 1.92. The van der Waals surface area contributed by atoms with Gasteiger partial charge < -0.3 is 9.30 Å². The van der Waals surface area contributed by atoms with Crippen LogP contribution in [0, 0.1) is 20.8 Å². The predicted octanol–water partition coefficient (Wildman–Crippen LogP) is 3.19. The fourth-order valence-electron chi connectivity index (χ4n) is 2.66. The third-order valence-corrected chi connectivity index (χ3v) is 3.62. The number of benzene rings is 1. The first-order valence-electron chi connectivity index (χ1n) is 7.54. The Morgan fingerprint density at radius 1 is 1.00 bits per heavy atom. The molecule has 2 heterocycles. The molecule has 0 N–H and O–H groups in total. The summed E-state index contributed by atoms with van der Waals surface area (Å²) in [6, 6.07) is 8.13. The van der Waals surface area contributed by atoms with Gasteiger partial charge in [0.25, 0.3) is 0 Å². The third kappa shape index (κ3) is 3.39. The molecular formula is C18H20N4O. The van der Waals surface area contributed by atoms with Gasteiger partial charge in [-0.2, -0.15) is 0 Å². The van der Waals surface area contributed by atoms with E-state index in [2.05, 4.69) is 21.0 Å². The molecule has 23 heavy (non-hydrogen) atoms. The summed E-state index contributed by atoms with van der Waals surface area (Å²) in [5.74, 6) is 1.64. The molecule has 2 aromatic heterocycles. The summed E-state index contributed by atoms with van der Waals surface area (Å²) in [4.78, 5) is 13.3. The standard InChI is InChI=1S/C18H20N4O/c1-12-7-13(2)21-18(20-12)9-15-5-6-16(17(8-15)23-4)22-10-14(3)19-11-22/h5-8,10-11H,9H2,1-4H3. The maximum absolute atomic E-state index is 5.55.